The Kier molecular flexibility index (Phi) is 4.98. The number of hydrogen-bond donors (Lipinski definition) is 2. The van der Waals surface area contributed by atoms with Crippen molar-refractivity contribution in [2.45, 2.75) is 32.3 Å². The van der Waals surface area contributed by atoms with Crippen LogP contribution in [-0.2, 0) is 4.57 Å². The van der Waals surface area contributed by atoms with Gasteiger partial charge in [0.2, 0.25) is 7.37 Å². The van der Waals surface area contributed by atoms with Crippen LogP contribution in [0.2, 0.25) is 0 Å². The van der Waals surface area contributed by atoms with E-state index in [-0.39, 0.29) is 12.8 Å². The third-order valence-corrected chi connectivity index (χ3v) is 4.33. The fourth-order valence-corrected chi connectivity index (χ4v) is 2.45. The Hall–Kier alpha value is 0.150. The van der Waals surface area contributed by atoms with Gasteiger partial charge in [-0.3, -0.25) is 4.57 Å². The first-order valence-electron chi connectivity index (χ1n) is 4.00. The van der Waals surface area contributed by atoms with Gasteiger partial charge in [0.15, 0.2) is 0 Å². The fourth-order valence-electron chi connectivity index (χ4n) is 1.01. The van der Waals surface area contributed by atoms with Gasteiger partial charge in [-0.2, -0.15) is 0 Å². The predicted molar refractivity (Wildman–Crippen MR) is 46.1 cm³/mol. The Morgan fingerprint density at radius 2 is 2.00 bits per heavy atom. The Morgan fingerprint density at radius 3 is 2.27 bits per heavy atom. The molecule has 2 N–H and O–H groups in total. The summed E-state index contributed by atoms with van der Waals surface area (Å²) in [5.74, 6) is 0. The summed E-state index contributed by atoms with van der Waals surface area (Å²) in [5.41, 5.74) is -0.405. The van der Waals surface area contributed by atoms with Gasteiger partial charge in [0.05, 0.1) is 12.3 Å². The molecule has 0 amide bonds. The maximum absolute atomic E-state index is 11.3. The van der Waals surface area contributed by atoms with Crippen molar-refractivity contribution < 1.29 is 14.6 Å². The molecule has 68 valence electrons. The smallest absolute Gasteiger partial charge is 0.205 e. The van der Waals surface area contributed by atoms with E-state index in [0.717, 1.165) is 6.42 Å². The van der Waals surface area contributed by atoms with Gasteiger partial charge in [-0.15, -0.1) is 0 Å². The summed E-state index contributed by atoms with van der Waals surface area (Å²) < 4.78 is 11.3. The molecule has 0 rings (SSSR count). The summed E-state index contributed by atoms with van der Waals surface area (Å²) in [5, 5.41) is 8.79. The van der Waals surface area contributed by atoms with Crippen LogP contribution >= 0.6 is 7.37 Å². The van der Waals surface area contributed by atoms with Crippen molar-refractivity contribution in [3.05, 3.63) is 0 Å². The predicted octanol–water partition coefficient (Wildman–Crippen LogP) is 1.44. The molecule has 0 saturated carbocycles. The normalized spacial score (nSPS) is 19.3. The first-order valence-corrected chi connectivity index (χ1v) is 5.92. The van der Waals surface area contributed by atoms with Crippen LogP contribution in [0.4, 0.5) is 0 Å². The first kappa shape index (κ1) is 11.2. The highest BCUT2D eigenvalue weighted by atomic mass is 31.2. The van der Waals surface area contributed by atoms with Gasteiger partial charge in [0.1, 0.15) is 0 Å². The van der Waals surface area contributed by atoms with E-state index in [9.17, 15) is 9.46 Å². The molecule has 0 aliphatic heterocycles. The summed E-state index contributed by atoms with van der Waals surface area (Å²) in [4.78, 5) is 9.31. The van der Waals surface area contributed by atoms with E-state index < -0.39 is 13.0 Å². The summed E-state index contributed by atoms with van der Waals surface area (Å²) in [6.07, 6.45) is 1.74. The maximum atomic E-state index is 11.3. The van der Waals surface area contributed by atoms with Crippen LogP contribution in [0.3, 0.4) is 0 Å². The lowest BCUT2D eigenvalue weighted by Crippen LogP contribution is -2.14. The Balaban J connectivity index is 4.12. The third kappa shape index (κ3) is 3.37. The number of hydrogen-bond acceptors (Lipinski definition) is 2. The summed E-state index contributed by atoms with van der Waals surface area (Å²) in [7, 11) is -3.05. The van der Waals surface area contributed by atoms with Crippen molar-refractivity contribution in [1.29, 1.82) is 0 Å². The van der Waals surface area contributed by atoms with E-state index >= 15 is 0 Å². The molecule has 0 radical (unpaired) electrons. The lowest BCUT2D eigenvalue weighted by Gasteiger charge is -2.18. The van der Waals surface area contributed by atoms with Crippen molar-refractivity contribution in [3.8, 4) is 0 Å². The molecule has 0 aromatic carbocycles. The zero-order chi connectivity index (χ0) is 8.91. The molecular weight excluding hydrogens is 163 g/mol. The molecule has 0 aliphatic rings. The Labute approximate surface area is 67.9 Å². The molecule has 11 heavy (non-hydrogen) atoms. The topological polar surface area (TPSA) is 57.5 Å². The van der Waals surface area contributed by atoms with E-state index in [1.54, 1.807) is 6.92 Å². The fraction of sp³-hybridized carbons (Fsp3) is 1.00. The molecule has 0 aliphatic carbocycles. The highest BCUT2D eigenvalue weighted by Gasteiger charge is 2.26. The highest BCUT2D eigenvalue weighted by molar-refractivity contribution is 7.58. The van der Waals surface area contributed by atoms with Crippen molar-refractivity contribution >= 4 is 7.37 Å². The SMILES string of the molecule is CCCC(CO)P(=O)(O)CC. The minimum absolute atomic E-state index is 0.171. The van der Waals surface area contributed by atoms with Gasteiger partial charge in [-0.1, -0.05) is 20.3 Å². The first-order chi connectivity index (χ1) is 5.08. The van der Waals surface area contributed by atoms with Crippen LogP contribution in [0.15, 0.2) is 0 Å². The van der Waals surface area contributed by atoms with E-state index in [1.165, 1.54) is 0 Å². The van der Waals surface area contributed by atoms with Gasteiger partial charge in [-0.25, -0.2) is 0 Å². The molecule has 0 spiro atoms. The van der Waals surface area contributed by atoms with Gasteiger partial charge < -0.3 is 10.00 Å². The second-order valence-corrected chi connectivity index (χ2v) is 5.57. The highest BCUT2D eigenvalue weighted by Crippen LogP contribution is 2.47. The summed E-state index contributed by atoms with van der Waals surface area (Å²) in [6.45, 7) is 3.45. The van der Waals surface area contributed by atoms with Gasteiger partial charge in [0, 0.05) is 6.16 Å². The Bertz CT molecular complexity index is 147. The average Bonchev–Trinajstić information content (AvgIpc) is 2.00. The van der Waals surface area contributed by atoms with Gasteiger partial charge in [-0.05, 0) is 6.42 Å². The van der Waals surface area contributed by atoms with Crippen LogP contribution in [0.25, 0.3) is 0 Å². The van der Waals surface area contributed by atoms with Crippen molar-refractivity contribution in [2.24, 2.45) is 0 Å². The van der Waals surface area contributed by atoms with Crippen LogP contribution in [-0.4, -0.2) is 28.4 Å². The maximum Gasteiger partial charge on any atom is 0.205 e. The lowest BCUT2D eigenvalue weighted by molar-refractivity contribution is 0.277. The second kappa shape index (κ2) is 4.91. The van der Waals surface area contributed by atoms with E-state index in [2.05, 4.69) is 0 Å². The standard InChI is InChI=1S/C7H17O3P/c1-3-5-7(6-8)11(9,10)4-2/h7-8H,3-6H2,1-2H3,(H,9,10). The minimum Gasteiger partial charge on any atom is -0.396 e. The Morgan fingerprint density at radius 1 is 1.45 bits per heavy atom. The molecular formula is C7H17O3P. The lowest BCUT2D eigenvalue weighted by atomic mass is 10.2. The zero-order valence-corrected chi connectivity index (χ0v) is 8.05. The van der Waals surface area contributed by atoms with Crippen LogP contribution < -0.4 is 0 Å². The number of aliphatic hydroxyl groups excluding tert-OH is 1. The number of aliphatic hydroxyl groups is 1. The van der Waals surface area contributed by atoms with E-state index in [0.29, 0.717) is 6.42 Å². The quantitative estimate of drug-likeness (QED) is 0.629. The molecule has 2 unspecified atom stereocenters. The van der Waals surface area contributed by atoms with Crippen LogP contribution in [0.5, 0.6) is 0 Å². The van der Waals surface area contributed by atoms with Crippen LogP contribution in [0.1, 0.15) is 26.7 Å². The minimum atomic E-state index is -3.05. The third-order valence-electron chi connectivity index (χ3n) is 1.86. The summed E-state index contributed by atoms with van der Waals surface area (Å²) in [6, 6.07) is 0. The van der Waals surface area contributed by atoms with Gasteiger partial charge in [0.25, 0.3) is 0 Å². The average molecular weight is 180 g/mol. The monoisotopic (exact) mass is 180 g/mol. The van der Waals surface area contributed by atoms with E-state index in [1.807, 2.05) is 6.92 Å². The summed E-state index contributed by atoms with van der Waals surface area (Å²) >= 11 is 0. The van der Waals surface area contributed by atoms with Gasteiger partial charge >= 0.3 is 0 Å². The van der Waals surface area contributed by atoms with Crippen LogP contribution in [0, 0.1) is 0 Å². The van der Waals surface area contributed by atoms with Crippen molar-refractivity contribution in [2.75, 3.05) is 12.8 Å². The van der Waals surface area contributed by atoms with Crippen molar-refractivity contribution in [1.82, 2.24) is 0 Å². The number of rotatable bonds is 5. The molecule has 0 aromatic heterocycles. The molecule has 0 aromatic rings. The molecule has 0 heterocycles. The molecule has 3 nitrogen and oxygen atoms in total. The van der Waals surface area contributed by atoms with E-state index in [4.69, 9.17) is 5.11 Å². The largest absolute Gasteiger partial charge is 0.396 e. The van der Waals surface area contributed by atoms with Crippen molar-refractivity contribution in [3.63, 3.8) is 0 Å². The molecule has 2 atom stereocenters. The second-order valence-electron chi connectivity index (χ2n) is 2.70. The molecule has 0 bridgehead atoms. The molecule has 4 heteroatoms. The molecule has 0 fully saturated rings. The molecule has 0 saturated heterocycles. The zero-order valence-electron chi connectivity index (χ0n) is 7.16.